The number of para-hydroxylation sites is 1. The number of nitrogens with one attached hydrogen (secondary N) is 2. The van der Waals surface area contributed by atoms with Gasteiger partial charge in [-0.1, -0.05) is 83.2 Å². The maximum Gasteiger partial charge on any atom is 0.305 e. The van der Waals surface area contributed by atoms with Crippen LogP contribution in [0.5, 0.6) is 5.75 Å². The van der Waals surface area contributed by atoms with Crippen LogP contribution in [0.2, 0.25) is 5.02 Å². The van der Waals surface area contributed by atoms with Crippen molar-refractivity contribution in [3.05, 3.63) is 116 Å². The summed E-state index contributed by atoms with van der Waals surface area (Å²) in [7, 11) is 0. The second-order valence-electron chi connectivity index (χ2n) is 10.2. The van der Waals surface area contributed by atoms with E-state index in [1.54, 1.807) is 42.5 Å². The van der Waals surface area contributed by atoms with Gasteiger partial charge in [-0.3, -0.25) is 19.2 Å². The van der Waals surface area contributed by atoms with E-state index in [1.807, 2.05) is 48.5 Å². The summed E-state index contributed by atoms with van der Waals surface area (Å²) < 4.78 is 6.04. The monoisotopic (exact) mass is 627 g/mol. The number of benzene rings is 4. The van der Waals surface area contributed by atoms with Crippen molar-refractivity contribution in [3.63, 3.8) is 0 Å². The molecule has 5 aromatic rings. The summed E-state index contributed by atoms with van der Waals surface area (Å²) in [6, 6.07) is 27.2. The van der Waals surface area contributed by atoms with Crippen LogP contribution < -0.4 is 19.8 Å². The number of ether oxygens (including phenoxy) is 1. The Hall–Kier alpha value is -4.38. The van der Waals surface area contributed by atoms with E-state index < -0.39 is 17.1 Å². The number of rotatable bonds is 6. The van der Waals surface area contributed by atoms with E-state index in [4.69, 9.17) is 16.3 Å². The molecular weight excluding hydrogens is 606 g/mol. The molecule has 4 aromatic carbocycles. The zero-order valence-electron chi connectivity index (χ0n) is 22.3. The average Bonchev–Trinajstić information content (AvgIpc) is 3.50. The SMILES string of the molecule is O=C(COc1ccccc1C1c2sc(=O)[nH]c2SC2C(=O)N(c3ccc(Cl)cc3)C(=O)C21)Nc1ccc2ccccc2c1. The van der Waals surface area contributed by atoms with Crippen molar-refractivity contribution in [2.45, 2.75) is 16.2 Å². The van der Waals surface area contributed by atoms with Gasteiger partial charge in [0.1, 0.15) is 11.0 Å². The highest BCUT2D eigenvalue weighted by molar-refractivity contribution is 8.00. The Morgan fingerprint density at radius 3 is 2.47 bits per heavy atom. The number of aromatic nitrogens is 1. The lowest BCUT2D eigenvalue weighted by Gasteiger charge is -2.30. The number of aromatic amines is 1. The first-order valence-corrected chi connectivity index (χ1v) is 15.5. The number of carbonyl (C=O) groups excluding carboxylic acids is 3. The molecule has 1 aromatic heterocycles. The van der Waals surface area contributed by atoms with Crippen LogP contribution in [-0.2, 0) is 14.4 Å². The van der Waals surface area contributed by atoms with E-state index in [1.165, 1.54) is 16.7 Å². The topological polar surface area (TPSA) is 109 Å². The molecule has 3 unspecified atom stereocenters. The molecule has 0 radical (unpaired) electrons. The fourth-order valence-electron chi connectivity index (χ4n) is 5.67. The predicted octanol–water partition coefficient (Wildman–Crippen LogP) is 6.06. The molecule has 11 heteroatoms. The number of hydrogen-bond donors (Lipinski definition) is 2. The Bertz CT molecular complexity index is 1970. The number of thioether (sulfide) groups is 1. The van der Waals surface area contributed by atoms with Crippen LogP contribution >= 0.6 is 34.7 Å². The molecule has 2 N–H and O–H groups in total. The van der Waals surface area contributed by atoms with E-state index in [0.717, 1.165) is 22.1 Å². The Balaban J connectivity index is 1.19. The van der Waals surface area contributed by atoms with Gasteiger partial charge in [0, 0.05) is 27.1 Å². The molecule has 7 rings (SSSR count). The molecule has 1 saturated heterocycles. The highest BCUT2D eigenvalue weighted by Crippen LogP contribution is 2.54. The number of carbonyl (C=O) groups is 3. The van der Waals surface area contributed by atoms with Gasteiger partial charge in [0.15, 0.2) is 6.61 Å². The second-order valence-corrected chi connectivity index (χ2v) is 12.8. The van der Waals surface area contributed by atoms with Gasteiger partial charge in [-0.2, -0.15) is 0 Å². The Morgan fingerprint density at radius 1 is 0.907 bits per heavy atom. The van der Waals surface area contributed by atoms with Crippen LogP contribution in [0.3, 0.4) is 0 Å². The lowest BCUT2D eigenvalue weighted by molar-refractivity contribution is -0.122. The van der Waals surface area contributed by atoms with Crippen LogP contribution in [0, 0.1) is 5.92 Å². The van der Waals surface area contributed by atoms with Gasteiger partial charge in [-0.25, -0.2) is 4.90 Å². The highest BCUT2D eigenvalue weighted by Gasteiger charge is 2.56. The van der Waals surface area contributed by atoms with Crippen molar-refractivity contribution in [2.75, 3.05) is 16.8 Å². The van der Waals surface area contributed by atoms with Crippen molar-refractivity contribution >= 4 is 74.6 Å². The lowest BCUT2D eigenvalue weighted by atomic mass is 9.82. The highest BCUT2D eigenvalue weighted by atomic mass is 35.5. The molecule has 2 aliphatic heterocycles. The summed E-state index contributed by atoms with van der Waals surface area (Å²) in [6.07, 6.45) is 0. The minimum absolute atomic E-state index is 0.273. The Labute approximate surface area is 258 Å². The number of imide groups is 1. The summed E-state index contributed by atoms with van der Waals surface area (Å²) >= 11 is 8.26. The number of H-pyrrole nitrogens is 1. The predicted molar refractivity (Wildman–Crippen MR) is 168 cm³/mol. The minimum Gasteiger partial charge on any atom is -0.483 e. The number of fused-ring (bicyclic) bond motifs is 3. The minimum atomic E-state index is -0.789. The van der Waals surface area contributed by atoms with Crippen LogP contribution in [-0.4, -0.2) is 34.6 Å². The van der Waals surface area contributed by atoms with Crippen LogP contribution in [0.15, 0.2) is 101 Å². The third kappa shape index (κ3) is 5.01. The Morgan fingerprint density at radius 2 is 1.65 bits per heavy atom. The van der Waals surface area contributed by atoms with Gasteiger partial charge in [0.25, 0.3) is 5.91 Å². The first-order valence-electron chi connectivity index (χ1n) is 13.4. The van der Waals surface area contributed by atoms with E-state index in [-0.39, 0.29) is 29.2 Å². The molecule has 43 heavy (non-hydrogen) atoms. The quantitative estimate of drug-likeness (QED) is 0.222. The van der Waals surface area contributed by atoms with E-state index >= 15 is 0 Å². The molecule has 214 valence electrons. The van der Waals surface area contributed by atoms with Gasteiger partial charge < -0.3 is 15.0 Å². The fraction of sp³-hybridized carbons (Fsp3) is 0.125. The van der Waals surface area contributed by atoms with E-state index in [0.29, 0.717) is 37.6 Å². The number of halogens is 1. The maximum absolute atomic E-state index is 14.0. The normalized spacial score (nSPS) is 19.3. The van der Waals surface area contributed by atoms with Crippen LogP contribution in [0.1, 0.15) is 16.4 Å². The summed E-state index contributed by atoms with van der Waals surface area (Å²) in [5.41, 5.74) is 1.69. The molecule has 2 aliphatic rings. The van der Waals surface area contributed by atoms with Gasteiger partial charge >= 0.3 is 4.87 Å². The molecule has 0 aliphatic carbocycles. The third-order valence-corrected chi connectivity index (χ3v) is 10.2. The van der Waals surface area contributed by atoms with Gasteiger partial charge in [0.05, 0.1) is 16.6 Å². The van der Waals surface area contributed by atoms with Crippen molar-refractivity contribution in [3.8, 4) is 5.75 Å². The van der Waals surface area contributed by atoms with E-state index in [2.05, 4.69) is 10.3 Å². The van der Waals surface area contributed by atoms with Crippen molar-refractivity contribution < 1.29 is 19.1 Å². The first kappa shape index (κ1) is 27.5. The molecule has 0 spiro atoms. The Kier molecular flexibility index (Phi) is 7.04. The largest absolute Gasteiger partial charge is 0.483 e. The zero-order chi connectivity index (χ0) is 29.7. The number of hydrogen-bond acceptors (Lipinski definition) is 7. The smallest absolute Gasteiger partial charge is 0.305 e. The summed E-state index contributed by atoms with van der Waals surface area (Å²) in [4.78, 5) is 57.4. The number of nitrogens with zero attached hydrogens (tertiary/aromatic N) is 1. The van der Waals surface area contributed by atoms with Gasteiger partial charge in [-0.05, 0) is 53.2 Å². The summed E-state index contributed by atoms with van der Waals surface area (Å²) in [6.45, 7) is -0.278. The van der Waals surface area contributed by atoms with E-state index in [9.17, 15) is 19.2 Å². The van der Waals surface area contributed by atoms with Gasteiger partial charge in [-0.15, -0.1) is 0 Å². The molecule has 8 nitrogen and oxygen atoms in total. The lowest BCUT2D eigenvalue weighted by Crippen LogP contribution is -2.32. The molecule has 3 heterocycles. The van der Waals surface area contributed by atoms with Crippen molar-refractivity contribution in [1.29, 1.82) is 0 Å². The molecule has 3 atom stereocenters. The average molecular weight is 628 g/mol. The molecular formula is C32H22ClN3O5S2. The molecule has 1 fully saturated rings. The summed E-state index contributed by atoms with van der Waals surface area (Å²) in [5.74, 6) is -2.12. The maximum atomic E-state index is 14.0. The van der Waals surface area contributed by atoms with Crippen LogP contribution in [0.25, 0.3) is 10.8 Å². The van der Waals surface area contributed by atoms with Gasteiger partial charge in [0.2, 0.25) is 11.8 Å². The first-order chi connectivity index (χ1) is 20.9. The number of amides is 3. The fourth-order valence-corrected chi connectivity index (χ4v) is 8.31. The standard InChI is InChI=1S/C32H22ClN3O5S2/c33-19-10-13-21(14-11-19)36-30(38)26-25(27-29(35-32(40)43-27)42-28(26)31(36)39)22-7-3-4-8-23(22)41-16-24(37)34-20-12-9-17-5-1-2-6-18(17)15-20/h1-15,25-26,28H,16H2,(H,34,37)(H,35,40). The third-order valence-electron chi connectivity index (χ3n) is 7.55. The van der Waals surface area contributed by atoms with Crippen LogP contribution in [0.4, 0.5) is 11.4 Å². The number of thiazole rings is 1. The number of anilines is 2. The molecule has 0 bridgehead atoms. The molecule has 3 amide bonds. The van der Waals surface area contributed by atoms with Crippen molar-refractivity contribution in [2.24, 2.45) is 5.92 Å². The summed E-state index contributed by atoms with van der Waals surface area (Å²) in [5, 5.41) is 5.23. The second kappa shape index (κ2) is 11.0. The zero-order valence-corrected chi connectivity index (χ0v) is 24.7. The van der Waals surface area contributed by atoms with Crippen molar-refractivity contribution in [1.82, 2.24) is 4.98 Å². The molecule has 0 saturated carbocycles.